The van der Waals surface area contributed by atoms with Crippen molar-refractivity contribution < 1.29 is 13.6 Å². The van der Waals surface area contributed by atoms with E-state index in [4.69, 9.17) is 5.73 Å². The van der Waals surface area contributed by atoms with Crippen molar-refractivity contribution in [3.05, 3.63) is 58.9 Å². The first kappa shape index (κ1) is 17.5. The van der Waals surface area contributed by atoms with Crippen molar-refractivity contribution in [1.29, 1.82) is 0 Å². The molecule has 1 atom stereocenters. The van der Waals surface area contributed by atoms with Gasteiger partial charge in [-0.2, -0.15) is 0 Å². The molecule has 1 aliphatic rings. The summed E-state index contributed by atoms with van der Waals surface area (Å²) in [6, 6.07) is 4.11. The maximum atomic E-state index is 14.5. The number of benzene rings is 1. The van der Waals surface area contributed by atoms with Gasteiger partial charge in [0, 0.05) is 35.0 Å². The molecule has 2 aromatic rings. The van der Waals surface area contributed by atoms with Gasteiger partial charge in [-0.3, -0.25) is 14.8 Å². The fourth-order valence-corrected chi connectivity index (χ4v) is 3.02. The Morgan fingerprint density at radius 2 is 2.08 bits per heavy atom. The molecular weight excluding hydrogens is 338 g/mol. The van der Waals surface area contributed by atoms with Gasteiger partial charge in [-0.25, -0.2) is 8.78 Å². The average Bonchev–Trinajstić information content (AvgIpc) is 2.58. The molecule has 0 saturated heterocycles. The normalized spacial score (nSPS) is 18.2. The highest BCUT2D eigenvalue weighted by atomic mass is 19.1. The molecule has 1 amide bonds. The molecule has 0 fully saturated rings. The second kappa shape index (κ2) is 6.56. The summed E-state index contributed by atoms with van der Waals surface area (Å²) in [4.78, 5) is 19.8. The Balaban J connectivity index is 2.05. The van der Waals surface area contributed by atoms with Gasteiger partial charge in [0.1, 0.15) is 17.5 Å². The predicted molar refractivity (Wildman–Crippen MR) is 94.5 cm³/mol. The lowest BCUT2D eigenvalue weighted by Gasteiger charge is -2.32. The van der Waals surface area contributed by atoms with Crippen molar-refractivity contribution in [2.45, 2.75) is 25.8 Å². The summed E-state index contributed by atoms with van der Waals surface area (Å²) in [6.07, 6.45) is 2.64. The van der Waals surface area contributed by atoms with Crippen LogP contribution in [0.4, 0.5) is 14.5 Å². The molecule has 132 valence electrons. The van der Waals surface area contributed by atoms with Crippen LogP contribution in [0.1, 0.15) is 30.5 Å². The second-order valence-corrected chi connectivity index (χ2v) is 6.12. The van der Waals surface area contributed by atoms with E-state index < -0.39 is 23.1 Å². The smallest absolute Gasteiger partial charge is 0.300 e. The monoisotopic (exact) mass is 354 g/mol. The average molecular weight is 354 g/mol. The third-order valence-electron chi connectivity index (χ3n) is 4.21. The van der Waals surface area contributed by atoms with Crippen LogP contribution in [0.5, 0.6) is 0 Å². The Bertz CT molecular complexity index is 991. The van der Waals surface area contributed by atoms with E-state index >= 15 is 0 Å². The highest BCUT2D eigenvalue weighted by molar-refractivity contribution is 6.04. The first-order valence-electron chi connectivity index (χ1n) is 7.86. The van der Waals surface area contributed by atoms with Crippen LogP contribution in [-0.2, 0) is 16.8 Å². The van der Waals surface area contributed by atoms with E-state index in [0.29, 0.717) is 16.8 Å². The van der Waals surface area contributed by atoms with E-state index in [9.17, 15) is 13.6 Å². The molecule has 0 spiro atoms. The molecule has 2 heterocycles. The number of fused-ring (bicyclic) bond motifs is 1. The number of nitrogens with one attached hydrogen (secondary N) is 1. The number of nitrogens with zero attached hydrogens (tertiary/aromatic N) is 2. The fraction of sp³-hybridized carbons (Fsp3) is 0.211. The number of rotatable bonds is 2. The van der Waals surface area contributed by atoms with Gasteiger partial charge in [-0.15, -0.1) is 0 Å². The summed E-state index contributed by atoms with van der Waals surface area (Å²) in [5.74, 6) is 3.37. The summed E-state index contributed by atoms with van der Waals surface area (Å²) in [6.45, 7) is 3.20. The molecule has 0 radical (unpaired) electrons. The van der Waals surface area contributed by atoms with Crippen LogP contribution in [0.25, 0.3) is 0 Å². The van der Waals surface area contributed by atoms with Gasteiger partial charge in [-0.05, 0) is 38.0 Å². The van der Waals surface area contributed by atoms with Crippen LogP contribution in [0, 0.1) is 23.5 Å². The number of aliphatic imine (C=N–C) groups is 1. The van der Waals surface area contributed by atoms with Crippen LogP contribution in [0.2, 0.25) is 0 Å². The van der Waals surface area contributed by atoms with Gasteiger partial charge in [-0.1, -0.05) is 5.92 Å². The summed E-state index contributed by atoms with van der Waals surface area (Å²) < 4.78 is 28.7. The largest absolute Gasteiger partial charge is 0.383 e. The van der Waals surface area contributed by atoms with Crippen molar-refractivity contribution in [2.75, 3.05) is 5.32 Å². The lowest BCUT2D eigenvalue weighted by molar-refractivity contribution is -0.111. The zero-order valence-electron chi connectivity index (χ0n) is 14.2. The first-order valence-corrected chi connectivity index (χ1v) is 7.86. The van der Waals surface area contributed by atoms with Gasteiger partial charge in [0.2, 0.25) is 0 Å². The van der Waals surface area contributed by atoms with E-state index in [0.717, 1.165) is 6.20 Å². The number of hydrogen-bond acceptors (Lipinski definition) is 4. The van der Waals surface area contributed by atoms with Crippen molar-refractivity contribution in [3.63, 3.8) is 0 Å². The summed E-state index contributed by atoms with van der Waals surface area (Å²) >= 11 is 0. The highest BCUT2D eigenvalue weighted by Crippen LogP contribution is 2.37. The zero-order valence-corrected chi connectivity index (χ0v) is 14.2. The fourth-order valence-electron chi connectivity index (χ4n) is 3.02. The number of halogens is 2. The van der Waals surface area contributed by atoms with Crippen LogP contribution in [0.15, 0.2) is 35.6 Å². The number of amides is 1. The number of aromatic nitrogens is 1. The first-order chi connectivity index (χ1) is 12.3. The van der Waals surface area contributed by atoms with E-state index in [2.05, 4.69) is 27.1 Å². The SMILES string of the molecule is CC#CC(=O)Nc1ccc(F)c(C2(C)Cc3c(F)cncc3C(N)=N2)c1. The van der Waals surface area contributed by atoms with Crippen molar-refractivity contribution in [2.24, 2.45) is 10.7 Å². The molecule has 5 nitrogen and oxygen atoms in total. The van der Waals surface area contributed by atoms with Crippen molar-refractivity contribution in [1.82, 2.24) is 4.98 Å². The molecule has 1 aliphatic heterocycles. The van der Waals surface area contributed by atoms with Crippen LogP contribution < -0.4 is 11.1 Å². The molecule has 3 N–H and O–H groups in total. The lowest BCUT2D eigenvalue weighted by Crippen LogP contribution is -2.35. The highest BCUT2D eigenvalue weighted by Gasteiger charge is 2.36. The molecule has 0 aliphatic carbocycles. The molecule has 1 unspecified atom stereocenters. The quantitative estimate of drug-likeness (QED) is 0.813. The minimum atomic E-state index is -1.12. The Kier molecular flexibility index (Phi) is 4.43. The Labute approximate surface area is 149 Å². The van der Waals surface area contributed by atoms with E-state index in [1.165, 1.54) is 31.3 Å². The van der Waals surface area contributed by atoms with Gasteiger partial charge >= 0.3 is 0 Å². The lowest BCUT2D eigenvalue weighted by atomic mass is 9.82. The van der Waals surface area contributed by atoms with Crippen molar-refractivity contribution in [3.8, 4) is 11.8 Å². The molecule has 7 heteroatoms. The number of pyridine rings is 1. The second-order valence-electron chi connectivity index (χ2n) is 6.12. The standard InChI is InChI=1S/C19H16F2N4O/c1-3-4-17(26)24-11-5-6-15(20)14(7-11)19(2)8-12-13(18(22)25-19)9-23-10-16(12)21/h5-7,9-10H,8H2,1-2H3,(H2,22,25)(H,24,26). The van der Waals surface area contributed by atoms with E-state index in [1.807, 2.05) is 0 Å². The minimum absolute atomic E-state index is 0.0893. The van der Waals surface area contributed by atoms with Crippen LogP contribution >= 0.6 is 0 Å². The van der Waals surface area contributed by atoms with Gasteiger partial charge in [0.15, 0.2) is 0 Å². The number of carbonyl (C=O) groups excluding carboxylic acids is 1. The third-order valence-corrected chi connectivity index (χ3v) is 4.21. The number of nitrogens with two attached hydrogens (primary N) is 1. The Morgan fingerprint density at radius 1 is 1.31 bits per heavy atom. The van der Waals surface area contributed by atoms with Crippen LogP contribution in [-0.4, -0.2) is 16.7 Å². The third kappa shape index (κ3) is 3.14. The Morgan fingerprint density at radius 3 is 2.81 bits per heavy atom. The van der Waals surface area contributed by atoms with E-state index in [-0.39, 0.29) is 17.8 Å². The minimum Gasteiger partial charge on any atom is -0.383 e. The van der Waals surface area contributed by atoms with Crippen molar-refractivity contribution >= 4 is 17.4 Å². The Hall–Kier alpha value is -3.27. The summed E-state index contributed by atoms with van der Waals surface area (Å²) in [5, 5.41) is 2.57. The maximum Gasteiger partial charge on any atom is 0.300 e. The molecular formula is C19H16F2N4O. The summed E-state index contributed by atoms with van der Waals surface area (Å²) in [5.41, 5.74) is 6.15. The molecule has 1 aromatic heterocycles. The van der Waals surface area contributed by atoms with Gasteiger partial charge < -0.3 is 11.1 Å². The molecule has 26 heavy (non-hydrogen) atoms. The topological polar surface area (TPSA) is 80.4 Å². The van der Waals surface area contributed by atoms with E-state index in [1.54, 1.807) is 6.92 Å². The number of anilines is 1. The van der Waals surface area contributed by atoms with Crippen LogP contribution in [0.3, 0.4) is 0 Å². The summed E-state index contributed by atoms with van der Waals surface area (Å²) in [7, 11) is 0. The molecule has 0 saturated carbocycles. The molecule has 1 aromatic carbocycles. The number of hydrogen-bond donors (Lipinski definition) is 2. The van der Waals surface area contributed by atoms with Gasteiger partial charge in [0.05, 0.1) is 11.7 Å². The maximum absolute atomic E-state index is 14.5. The number of carbonyl (C=O) groups is 1. The molecule has 3 rings (SSSR count). The number of amidine groups is 1. The zero-order chi connectivity index (χ0) is 18.9. The van der Waals surface area contributed by atoms with Gasteiger partial charge in [0.25, 0.3) is 5.91 Å². The molecule has 0 bridgehead atoms. The predicted octanol–water partition coefficient (Wildman–Crippen LogP) is 2.50.